The van der Waals surface area contributed by atoms with Gasteiger partial charge in [-0.1, -0.05) is 38.1 Å². The first-order valence-electron chi connectivity index (χ1n) is 10.2. The molecule has 158 valence electrons. The summed E-state index contributed by atoms with van der Waals surface area (Å²) in [4.78, 5) is 30.8. The quantitative estimate of drug-likeness (QED) is 0.481. The van der Waals surface area contributed by atoms with Crippen LogP contribution in [0.15, 0.2) is 77.8 Å². The predicted molar refractivity (Wildman–Crippen MR) is 125 cm³/mol. The number of thiophene rings is 1. The second-order valence-electron chi connectivity index (χ2n) is 7.74. The summed E-state index contributed by atoms with van der Waals surface area (Å²) < 4.78 is 5.73. The molecule has 31 heavy (non-hydrogen) atoms. The molecule has 1 aliphatic rings. The zero-order valence-electron chi connectivity index (χ0n) is 17.7. The minimum atomic E-state index is -0.337. The van der Waals surface area contributed by atoms with Gasteiger partial charge in [0.15, 0.2) is 0 Å². The van der Waals surface area contributed by atoms with Gasteiger partial charge in [-0.15, -0.1) is 11.3 Å². The summed E-state index contributed by atoms with van der Waals surface area (Å²) in [7, 11) is 1.82. The Morgan fingerprint density at radius 3 is 2.26 bits per heavy atom. The number of para-hydroxylation sites is 1. The summed E-state index contributed by atoms with van der Waals surface area (Å²) in [6.07, 6.45) is 0. The van der Waals surface area contributed by atoms with E-state index in [-0.39, 0.29) is 11.8 Å². The van der Waals surface area contributed by atoms with Crippen LogP contribution in [0.4, 0.5) is 11.4 Å². The molecule has 0 N–H and O–H groups in total. The molecule has 0 radical (unpaired) electrons. The summed E-state index contributed by atoms with van der Waals surface area (Å²) in [5.74, 6) is 0.469. The fraction of sp³-hybridized carbons (Fsp3) is 0.200. The molecule has 0 saturated carbocycles. The Hall–Kier alpha value is -3.38. The molecule has 0 unspecified atom stereocenters. The number of ether oxygens (including phenoxy) is 1. The molecule has 0 bridgehead atoms. The zero-order chi connectivity index (χ0) is 22.0. The van der Waals surface area contributed by atoms with Crippen molar-refractivity contribution in [3.63, 3.8) is 0 Å². The fourth-order valence-corrected chi connectivity index (χ4v) is 4.20. The number of nitrogens with zero attached hydrogens (tertiary/aromatic N) is 2. The van der Waals surface area contributed by atoms with Crippen LogP contribution >= 0.6 is 11.3 Å². The lowest BCUT2D eigenvalue weighted by atomic mass is 10.1. The third-order valence-corrected chi connectivity index (χ3v) is 5.87. The van der Waals surface area contributed by atoms with Crippen molar-refractivity contribution < 1.29 is 14.3 Å². The Kier molecular flexibility index (Phi) is 5.91. The maximum atomic E-state index is 13.5. The van der Waals surface area contributed by atoms with Crippen molar-refractivity contribution in [2.45, 2.75) is 13.8 Å². The maximum absolute atomic E-state index is 13.5. The van der Waals surface area contributed by atoms with Crippen LogP contribution in [0.2, 0.25) is 0 Å². The number of rotatable bonds is 7. The molecule has 3 aromatic rings. The lowest BCUT2D eigenvalue weighted by molar-refractivity contribution is -0.120. The highest BCUT2D eigenvalue weighted by Crippen LogP contribution is 2.37. The Bertz CT molecular complexity index is 1100. The second kappa shape index (κ2) is 8.78. The number of likely N-dealkylation sites (N-methyl/N-ethyl adjacent to an activating group) is 1. The third-order valence-electron chi connectivity index (χ3n) is 4.98. The second-order valence-corrected chi connectivity index (χ2v) is 8.69. The van der Waals surface area contributed by atoms with Crippen LogP contribution in [-0.2, 0) is 9.59 Å². The number of carbonyl (C=O) groups is 2. The SMILES string of the molecule is CC(C)COc1ccc(N2C(=O)C(c3cccs3)=C(N(C)c3ccccc3)C2=O)cc1. The molecule has 0 atom stereocenters. The number of anilines is 2. The topological polar surface area (TPSA) is 49.9 Å². The molecular formula is C25H24N2O3S. The van der Waals surface area contributed by atoms with Gasteiger partial charge in [-0.2, -0.15) is 0 Å². The number of hydrogen-bond acceptors (Lipinski definition) is 5. The summed E-state index contributed by atoms with van der Waals surface area (Å²) in [6.45, 7) is 4.77. The zero-order valence-corrected chi connectivity index (χ0v) is 18.6. The Morgan fingerprint density at radius 1 is 0.935 bits per heavy atom. The van der Waals surface area contributed by atoms with Gasteiger partial charge in [-0.25, -0.2) is 4.90 Å². The van der Waals surface area contributed by atoms with Crippen molar-refractivity contribution in [2.75, 3.05) is 23.5 Å². The van der Waals surface area contributed by atoms with E-state index in [1.807, 2.05) is 54.9 Å². The summed E-state index contributed by atoms with van der Waals surface area (Å²) in [5, 5.41) is 1.91. The van der Waals surface area contributed by atoms with Gasteiger partial charge in [0.1, 0.15) is 11.4 Å². The lowest BCUT2D eigenvalue weighted by Crippen LogP contribution is -2.34. The standard InChI is InChI=1S/C25H24N2O3S/c1-17(2)16-30-20-13-11-19(12-14-20)27-24(28)22(21-10-7-15-31-21)23(25(27)29)26(3)18-8-5-4-6-9-18/h4-15,17H,16H2,1-3H3. The summed E-state index contributed by atoms with van der Waals surface area (Å²) in [5.41, 5.74) is 2.16. The monoisotopic (exact) mass is 432 g/mol. The molecule has 2 heterocycles. The number of hydrogen-bond donors (Lipinski definition) is 0. The van der Waals surface area contributed by atoms with Crippen molar-refractivity contribution in [3.05, 3.63) is 82.7 Å². The first-order valence-corrected chi connectivity index (χ1v) is 11.0. The van der Waals surface area contributed by atoms with Crippen LogP contribution in [0.5, 0.6) is 5.75 Å². The van der Waals surface area contributed by atoms with Gasteiger partial charge >= 0.3 is 0 Å². The van der Waals surface area contributed by atoms with E-state index in [1.165, 1.54) is 16.2 Å². The van der Waals surface area contributed by atoms with Crippen LogP contribution < -0.4 is 14.5 Å². The van der Waals surface area contributed by atoms with E-state index >= 15 is 0 Å². The lowest BCUT2D eigenvalue weighted by Gasteiger charge is -2.21. The highest BCUT2D eigenvalue weighted by Gasteiger charge is 2.42. The smallest absolute Gasteiger partial charge is 0.282 e. The van der Waals surface area contributed by atoms with Crippen LogP contribution in [0, 0.1) is 5.92 Å². The normalized spacial score (nSPS) is 14.0. The van der Waals surface area contributed by atoms with Crippen LogP contribution in [0.3, 0.4) is 0 Å². The molecule has 4 rings (SSSR count). The number of carbonyl (C=O) groups excluding carboxylic acids is 2. The first kappa shape index (κ1) is 20.9. The van der Waals surface area contributed by atoms with Crippen molar-refractivity contribution >= 4 is 40.1 Å². The molecule has 5 nitrogen and oxygen atoms in total. The summed E-state index contributed by atoms with van der Waals surface area (Å²) in [6, 6.07) is 20.4. The van der Waals surface area contributed by atoms with Gasteiger partial charge in [-0.3, -0.25) is 9.59 Å². The van der Waals surface area contributed by atoms with Gasteiger partial charge < -0.3 is 9.64 Å². The van der Waals surface area contributed by atoms with Crippen LogP contribution in [0.25, 0.3) is 5.57 Å². The number of amides is 2. The molecule has 2 amide bonds. The molecule has 1 aromatic heterocycles. The van der Waals surface area contributed by atoms with Gasteiger partial charge in [0.2, 0.25) is 0 Å². The highest BCUT2D eigenvalue weighted by molar-refractivity contribution is 7.11. The van der Waals surface area contributed by atoms with Gasteiger partial charge in [0.05, 0.1) is 17.9 Å². The minimum absolute atomic E-state index is 0.318. The van der Waals surface area contributed by atoms with Crippen LogP contribution in [0.1, 0.15) is 18.7 Å². The molecule has 0 spiro atoms. The molecule has 2 aromatic carbocycles. The minimum Gasteiger partial charge on any atom is -0.493 e. The average Bonchev–Trinajstić information content (AvgIpc) is 3.39. The van der Waals surface area contributed by atoms with Crippen molar-refractivity contribution in [1.29, 1.82) is 0 Å². The van der Waals surface area contributed by atoms with E-state index in [9.17, 15) is 9.59 Å². The first-order chi connectivity index (χ1) is 15.0. The molecule has 0 fully saturated rings. The van der Waals surface area contributed by atoms with E-state index < -0.39 is 0 Å². The number of imide groups is 1. The fourth-order valence-electron chi connectivity index (χ4n) is 3.44. The summed E-state index contributed by atoms with van der Waals surface area (Å²) >= 11 is 1.45. The Balaban J connectivity index is 1.70. The van der Waals surface area contributed by atoms with E-state index in [4.69, 9.17) is 4.74 Å². The Morgan fingerprint density at radius 2 is 1.65 bits per heavy atom. The average molecular weight is 433 g/mol. The molecular weight excluding hydrogens is 408 g/mol. The van der Waals surface area contributed by atoms with Crippen molar-refractivity contribution in [3.8, 4) is 5.75 Å². The van der Waals surface area contributed by atoms with Gasteiger partial charge in [0.25, 0.3) is 11.8 Å². The van der Waals surface area contributed by atoms with Gasteiger partial charge in [0, 0.05) is 17.6 Å². The van der Waals surface area contributed by atoms with E-state index in [0.29, 0.717) is 35.2 Å². The van der Waals surface area contributed by atoms with Gasteiger partial charge in [-0.05, 0) is 53.8 Å². The molecule has 6 heteroatoms. The molecule has 0 saturated heterocycles. The Labute approximate surface area is 186 Å². The van der Waals surface area contributed by atoms with E-state index in [0.717, 1.165) is 10.6 Å². The van der Waals surface area contributed by atoms with Crippen molar-refractivity contribution in [1.82, 2.24) is 0 Å². The van der Waals surface area contributed by atoms with Crippen LogP contribution in [-0.4, -0.2) is 25.5 Å². The van der Waals surface area contributed by atoms with E-state index in [2.05, 4.69) is 13.8 Å². The largest absolute Gasteiger partial charge is 0.493 e. The predicted octanol–water partition coefficient (Wildman–Crippen LogP) is 5.20. The molecule has 1 aliphatic heterocycles. The highest BCUT2D eigenvalue weighted by atomic mass is 32.1. The van der Waals surface area contributed by atoms with Crippen molar-refractivity contribution in [2.24, 2.45) is 5.92 Å². The maximum Gasteiger partial charge on any atom is 0.282 e. The van der Waals surface area contributed by atoms with E-state index in [1.54, 1.807) is 29.2 Å². The number of benzene rings is 2. The third kappa shape index (κ3) is 4.11. The molecule has 0 aliphatic carbocycles.